The van der Waals surface area contributed by atoms with Gasteiger partial charge in [0.05, 0.1) is 12.0 Å². The number of nitrogens with one attached hydrogen (secondary N) is 1. The molecule has 0 amide bonds. The zero-order valence-electron chi connectivity index (χ0n) is 11.5. The Labute approximate surface area is 131 Å². The number of methoxy groups -OCH3 is 1. The third-order valence-electron chi connectivity index (χ3n) is 3.03. The van der Waals surface area contributed by atoms with Crippen molar-refractivity contribution < 1.29 is 9.66 Å². The van der Waals surface area contributed by atoms with Crippen LogP contribution in [-0.4, -0.2) is 12.0 Å². The van der Waals surface area contributed by atoms with Crippen LogP contribution in [0.2, 0.25) is 0 Å². The molecule has 0 spiro atoms. The second kappa shape index (κ2) is 7.19. The van der Waals surface area contributed by atoms with E-state index in [1.165, 1.54) is 12.1 Å². The van der Waals surface area contributed by atoms with Crippen molar-refractivity contribution in [2.45, 2.75) is 13.1 Å². The highest BCUT2D eigenvalue weighted by Crippen LogP contribution is 2.22. The fraction of sp³-hybridized carbons (Fsp3) is 0.200. The Balaban J connectivity index is 1.95. The number of non-ortho nitro benzene ring substituents is 1. The molecule has 0 fully saturated rings. The topological polar surface area (TPSA) is 64.4 Å². The molecule has 0 aliphatic carbocycles. The minimum absolute atomic E-state index is 0.104. The zero-order valence-corrected chi connectivity index (χ0v) is 13.1. The predicted octanol–water partition coefficient (Wildman–Crippen LogP) is 3.66. The van der Waals surface area contributed by atoms with Crippen LogP contribution in [0.3, 0.4) is 0 Å². The molecule has 0 radical (unpaired) electrons. The molecule has 0 aliphatic rings. The average Bonchev–Trinajstić information content (AvgIpc) is 2.48. The molecule has 0 aliphatic heterocycles. The Morgan fingerprint density at radius 2 is 1.90 bits per heavy atom. The van der Waals surface area contributed by atoms with Gasteiger partial charge in [0.1, 0.15) is 5.75 Å². The summed E-state index contributed by atoms with van der Waals surface area (Å²) < 4.78 is 6.31. The number of benzene rings is 2. The first kappa shape index (κ1) is 15.5. The number of rotatable bonds is 6. The summed E-state index contributed by atoms with van der Waals surface area (Å²) >= 11 is 3.44. The average molecular weight is 351 g/mol. The van der Waals surface area contributed by atoms with E-state index in [-0.39, 0.29) is 5.69 Å². The van der Waals surface area contributed by atoms with Gasteiger partial charge in [-0.3, -0.25) is 10.1 Å². The number of halogens is 1. The van der Waals surface area contributed by atoms with Gasteiger partial charge in [-0.15, -0.1) is 0 Å². The van der Waals surface area contributed by atoms with E-state index in [1.807, 2.05) is 18.2 Å². The molecule has 2 aromatic carbocycles. The van der Waals surface area contributed by atoms with Gasteiger partial charge in [-0.1, -0.05) is 28.1 Å². The van der Waals surface area contributed by atoms with Crippen LogP contribution in [0.1, 0.15) is 11.1 Å². The molecule has 5 nitrogen and oxygen atoms in total. The van der Waals surface area contributed by atoms with Crippen LogP contribution >= 0.6 is 15.9 Å². The van der Waals surface area contributed by atoms with E-state index in [4.69, 9.17) is 4.74 Å². The Morgan fingerprint density at radius 3 is 2.52 bits per heavy atom. The predicted molar refractivity (Wildman–Crippen MR) is 84.3 cm³/mol. The van der Waals surface area contributed by atoms with Crippen molar-refractivity contribution in [3.05, 3.63) is 68.2 Å². The lowest BCUT2D eigenvalue weighted by atomic mass is 10.1. The summed E-state index contributed by atoms with van der Waals surface area (Å²) in [7, 11) is 1.64. The lowest BCUT2D eigenvalue weighted by molar-refractivity contribution is -0.384. The molecule has 0 unspecified atom stereocenters. The van der Waals surface area contributed by atoms with E-state index in [2.05, 4.69) is 21.2 Å². The van der Waals surface area contributed by atoms with Crippen molar-refractivity contribution in [3.8, 4) is 5.75 Å². The number of ether oxygens (including phenoxy) is 1. The summed E-state index contributed by atoms with van der Waals surface area (Å²) in [6.45, 7) is 1.28. The van der Waals surface area contributed by atoms with E-state index >= 15 is 0 Å². The monoisotopic (exact) mass is 350 g/mol. The third kappa shape index (κ3) is 4.27. The number of nitrogens with zero attached hydrogens (tertiary/aromatic N) is 1. The van der Waals surface area contributed by atoms with Crippen LogP contribution in [0, 0.1) is 10.1 Å². The summed E-state index contributed by atoms with van der Waals surface area (Å²) in [6, 6.07) is 12.4. The van der Waals surface area contributed by atoms with Crippen molar-refractivity contribution in [1.29, 1.82) is 0 Å². The molecular formula is C15H15BrN2O3. The summed E-state index contributed by atoms with van der Waals surface area (Å²) in [5.74, 6) is 0.828. The fourth-order valence-electron chi connectivity index (χ4n) is 1.96. The van der Waals surface area contributed by atoms with E-state index in [0.29, 0.717) is 13.1 Å². The molecule has 0 atom stereocenters. The first-order chi connectivity index (χ1) is 10.1. The molecule has 0 aromatic heterocycles. The fourth-order valence-corrected chi connectivity index (χ4v) is 2.37. The van der Waals surface area contributed by atoms with Gasteiger partial charge in [0.15, 0.2) is 0 Å². The number of hydrogen-bond acceptors (Lipinski definition) is 4. The smallest absolute Gasteiger partial charge is 0.269 e. The largest absolute Gasteiger partial charge is 0.496 e. The molecule has 0 bridgehead atoms. The zero-order chi connectivity index (χ0) is 15.2. The first-order valence-corrected chi connectivity index (χ1v) is 7.16. The minimum Gasteiger partial charge on any atom is -0.496 e. The summed E-state index contributed by atoms with van der Waals surface area (Å²) in [6.07, 6.45) is 0. The molecule has 21 heavy (non-hydrogen) atoms. The Hall–Kier alpha value is -1.92. The molecule has 2 rings (SSSR count). The van der Waals surface area contributed by atoms with Crippen LogP contribution in [0.4, 0.5) is 5.69 Å². The van der Waals surface area contributed by atoms with Crippen molar-refractivity contribution >= 4 is 21.6 Å². The van der Waals surface area contributed by atoms with Crippen LogP contribution in [-0.2, 0) is 13.1 Å². The Bertz CT molecular complexity index is 629. The summed E-state index contributed by atoms with van der Waals surface area (Å²) in [5, 5.41) is 13.9. The lowest BCUT2D eigenvalue weighted by Crippen LogP contribution is -2.13. The highest BCUT2D eigenvalue weighted by atomic mass is 79.9. The van der Waals surface area contributed by atoms with Crippen LogP contribution in [0.5, 0.6) is 5.75 Å². The van der Waals surface area contributed by atoms with Crippen molar-refractivity contribution in [3.63, 3.8) is 0 Å². The van der Waals surface area contributed by atoms with Crippen LogP contribution in [0.25, 0.3) is 0 Å². The standard InChI is InChI=1S/C15H15BrN2O3/c1-21-15-7-4-13(16)8-12(15)10-17-9-11-2-5-14(6-3-11)18(19)20/h2-8,17H,9-10H2,1H3. The van der Waals surface area contributed by atoms with Gasteiger partial charge in [-0.2, -0.15) is 0 Å². The summed E-state index contributed by atoms with van der Waals surface area (Å²) in [5.41, 5.74) is 2.15. The van der Waals surface area contributed by atoms with E-state index in [0.717, 1.165) is 21.3 Å². The van der Waals surface area contributed by atoms with E-state index < -0.39 is 4.92 Å². The second-order valence-corrected chi connectivity index (χ2v) is 5.40. The van der Waals surface area contributed by atoms with Gasteiger partial charge in [0, 0.05) is 35.3 Å². The molecule has 0 saturated heterocycles. The van der Waals surface area contributed by atoms with Gasteiger partial charge >= 0.3 is 0 Å². The third-order valence-corrected chi connectivity index (χ3v) is 3.53. The Kier molecular flexibility index (Phi) is 5.30. The quantitative estimate of drug-likeness (QED) is 0.637. The van der Waals surface area contributed by atoms with Crippen LogP contribution in [0.15, 0.2) is 46.9 Å². The maximum atomic E-state index is 10.6. The molecule has 2 aromatic rings. The van der Waals surface area contributed by atoms with Gasteiger partial charge in [0.2, 0.25) is 0 Å². The molecule has 0 heterocycles. The van der Waals surface area contributed by atoms with E-state index in [1.54, 1.807) is 19.2 Å². The molecule has 1 N–H and O–H groups in total. The van der Waals surface area contributed by atoms with Gasteiger partial charge in [-0.25, -0.2) is 0 Å². The number of hydrogen-bond donors (Lipinski definition) is 1. The lowest BCUT2D eigenvalue weighted by Gasteiger charge is -2.10. The number of nitro benzene ring substituents is 1. The van der Waals surface area contributed by atoms with Crippen LogP contribution < -0.4 is 10.1 Å². The maximum Gasteiger partial charge on any atom is 0.269 e. The van der Waals surface area contributed by atoms with Gasteiger partial charge in [0.25, 0.3) is 5.69 Å². The first-order valence-electron chi connectivity index (χ1n) is 6.36. The summed E-state index contributed by atoms with van der Waals surface area (Å²) in [4.78, 5) is 10.2. The SMILES string of the molecule is COc1ccc(Br)cc1CNCc1ccc([N+](=O)[O-])cc1. The second-order valence-electron chi connectivity index (χ2n) is 4.48. The van der Waals surface area contributed by atoms with Crippen molar-refractivity contribution in [2.24, 2.45) is 0 Å². The Morgan fingerprint density at radius 1 is 1.19 bits per heavy atom. The molecular weight excluding hydrogens is 336 g/mol. The highest BCUT2D eigenvalue weighted by molar-refractivity contribution is 9.10. The van der Waals surface area contributed by atoms with Crippen molar-refractivity contribution in [1.82, 2.24) is 5.32 Å². The maximum absolute atomic E-state index is 10.6. The minimum atomic E-state index is -0.399. The normalized spacial score (nSPS) is 10.4. The van der Waals surface area contributed by atoms with E-state index in [9.17, 15) is 10.1 Å². The molecule has 110 valence electrons. The van der Waals surface area contributed by atoms with Crippen molar-refractivity contribution in [2.75, 3.05) is 7.11 Å². The van der Waals surface area contributed by atoms with Gasteiger partial charge < -0.3 is 10.1 Å². The number of nitro groups is 1. The molecule has 6 heteroatoms. The molecule has 0 saturated carbocycles. The highest BCUT2D eigenvalue weighted by Gasteiger charge is 2.05. The van der Waals surface area contributed by atoms with Gasteiger partial charge in [-0.05, 0) is 23.8 Å².